The van der Waals surface area contributed by atoms with E-state index in [1.54, 1.807) is 0 Å². The molecule has 25 heavy (non-hydrogen) atoms. The van der Waals surface area contributed by atoms with Gasteiger partial charge in [0.2, 0.25) is 5.91 Å². The minimum Gasteiger partial charge on any atom is -0.350 e. The number of aryl methyl sites for hydroxylation is 1. The molecule has 0 unspecified atom stereocenters. The van der Waals surface area contributed by atoms with Crippen molar-refractivity contribution in [3.8, 4) is 0 Å². The highest BCUT2D eigenvalue weighted by molar-refractivity contribution is 7.20. The van der Waals surface area contributed by atoms with Crippen molar-refractivity contribution in [1.29, 1.82) is 0 Å². The Hall–Kier alpha value is -2.14. The Balaban J connectivity index is 1.78. The zero-order valence-electron chi connectivity index (χ0n) is 14.6. The van der Waals surface area contributed by atoms with Gasteiger partial charge >= 0.3 is 0 Å². The van der Waals surface area contributed by atoms with Crippen LogP contribution in [0.4, 0.5) is 0 Å². The van der Waals surface area contributed by atoms with Gasteiger partial charge in [0, 0.05) is 11.2 Å². The summed E-state index contributed by atoms with van der Waals surface area (Å²) >= 11 is 1.51. The highest BCUT2D eigenvalue weighted by atomic mass is 32.1. The average molecular weight is 356 g/mol. The van der Waals surface area contributed by atoms with Crippen molar-refractivity contribution in [2.24, 2.45) is 0 Å². The molecule has 1 aromatic heterocycles. The lowest BCUT2D eigenvalue weighted by atomic mass is 9.81. The van der Waals surface area contributed by atoms with E-state index >= 15 is 0 Å². The van der Waals surface area contributed by atoms with E-state index in [0.29, 0.717) is 6.54 Å². The maximum atomic E-state index is 12.9. The number of rotatable bonds is 5. The fourth-order valence-electron chi connectivity index (χ4n) is 3.48. The first kappa shape index (κ1) is 17.7. The van der Waals surface area contributed by atoms with E-state index in [1.165, 1.54) is 29.4 Å². The molecule has 5 heteroatoms. The van der Waals surface area contributed by atoms with E-state index in [0.717, 1.165) is 40.6 Å². The van der Waals surface area contributed by atoms with Crippen LogP contribution in [0.15, 0.2) is 36.9 Å². The number of fused-ring (bicyclic) bond motifs is 1. The van der Waals surface area contributed by atoms with Crippen molar-refractivity contribution < 1.29 is 9.59 Å². The van der Waals surface area contributed by atoms with E-state index < -0.39 is 0 Å². The normalized spacial score (nSPS) is 16.4. The molecule has 4 nitrogen and oxygen atoms in total. The molecule has 2 N–H and O–H groups in total. The first-order valence-electron chi connectivity index (χ1n) is 8.74. The number of benzene rings is 1. The maximum absolute atomic E-state index is 12.9. The molecule has 0 spiro atoms. The van der Waals surface area contributed by atoms with Gasteiger partial charge in [-0.05, 0) is 43.4 Å². The minimum absolute atomic E-state index is 0.0476. The van der Waals surface area contributed by atoms with Crippen LogP contribution in [0.1, 0.15) is 47.3 Å². The summed E-state index contributed by atoms with van der Waals surface area (Å²) in [6.45, 7) is 5.99. The van der Waals surface area contributed by atoms with Crippen molar-refractivity contribution in [3.63, 3.8) is 0 Å². The SMILES string of the molecule is C=CC(=O)NCC1(NC(=O)c2cc3cc(C)ccc3s2)CCCCC1. The van der Waals surface area contributed by atoms with Crippen LogP contribution in [0.25, 0.3) is 10.1 Å². The summed E-state index contributed by atoms with van der Waals surface area (Å²) in [5.41, 5.74) is 0.827. The Morgan fingerprint density at radius 1 is 1.24 bits per heavy atom. The number of hydrogen-bond donors (Lipinski definition) is 2. The number of carbonyl (C=O) groups is 2. The van der Waals surface area contributed by atoms with Crippen LogP contribution in [-0.4, -0.2) is 23.9 Å². The number of carbonyl (C=O) groups excluding carboxylic acids is 2. The van der Waals surface area contributed by atoms with Gasteiger partial charge < -0.3 is 10.6 Å². The molecule has 1 aliphatic carbocycles. The van der Waals surface area contributed by atoms with Crippen LogP contribution in [0.5, 0.6) is 0 Å². The third kappa shape index (κ3) is 4.10. The second-order valence-corrected chi connectivity index (χ2v) is 7.95. The van der Waals surface area contributed by atoms with Crippen molar-refractivity contribution in [2.75, 3.05) is 6.54 Å². The Morgan fingerprint density at radius 3 is 2.72 bits per heavy atom. The molecule has 2 aromatic rings. The van der Waals surface area contributed by atoms with Crippen LogP contribution < -0.4 is 10.6 Å². The van der Waals surface area contributed by atoms with Gasteiger partial charge in [0.05, 0.1) is 10.4 Å². The predicted molar refractivity (Wildman–Crippen MR) is 103 cm³/mol. The average Bonchev–Trinajstić information content (AvgIpc) is 3.04. The number of nitrogens with one attached hydrogen (secondary N) is 2. The molecule has 1 aromatic carbocycles. The van der Waals surface area contributed by atoms with Gasteiger partial charge in [-0.1, -0.05) is 43.5 Å². The van der Waals surface area contributed by atoms with E-state index in [2.05, 4.69) is 42.3 Å². The molecule has 132 valence electrons. The molecule has 0 aliphatic heterocycles. The lowest BCUT2D eigenvalue weighted by molar-refractivity contribution is -0.116. The minimum atomic E-state index is -0.361. The molecule has 0 atom stereocenters. The third-order valence-electron chi connectivity index (χ3n) is 4.87. The summed E-state index contributed by atoms with van der Waals surface area (Å²) in [6, 6.07) is 8.19. The highest BCUT2D eigenvalue weighted by Gasteiger charge is 2.34. The third-order valence-corrected chi connectivity index (χ3v) is 5.99. The van der Waals surface area contributed by atoms with Crippen molar-refractivity contribution in [3.05, 3.63) is 47.4 Å². The zero-order chi connectivity index (χ0) is 17.9. The summed E-state index contributed by atoms with van der Waals surface area (Å²) in [7, 11) is 0. The first-order valence-corrected chi connectivity index (χ1v) is 9.56. The number of thiophene rings is 1. The van der Waals surface area contributed by atoms with Crippen molar-refractivity contribution in [1.82, 2.24) is 10.6 Å². The Labute approximate surface area is 152 Å². The second kappa shape index (κ2) is 7.40. The fourth-order valence-corrected chi connectivity index (χ4v) is 4.42. The maximum Gasteiger partial charge on any atom is 0.261 e. The van der Waals surface area contributed by atoms with Crippen LogP contribution in [0.3, 0.4) is 0 Å². The number of hydrogen-bond acceptors (Lipinski definition) is 3. The Kier molecular flexibility index (Phi) is 5.23. The van der Waals surface area contributed by atoms with Gasteiger partial charge in [0.25, 0.3) is 5.91 Å². The molecular weight excluding hydrogens is 332 g/mol. The van der Waals surface area contributed by atoms with Gasteiger partial charge in [-0.25, -0.2) is 0 Å². The van der Waals surface area contributed by atoms with Gasteiger partial charge in [0.15, 0.2) is 0 Å². The molecule has 1 aliphatic rings. The summed E-state index contributed by atoms with van der Waals surface area (Å²) in [5, 5.41) is 7.20. The molecule has 0 bridgehead atoms. The van der Waals surface area contributed by atoms with E-state index in [9.17, 15) is 9.59 Å². The van der Waals surface area contributed by atoms with Crippen LogP contribution in [0, 0.1) is 6.92 Å². The predicted octanol–water partition coefficient (Wildman–Crippen LogP) is 3.94. The Morgan fingerprint density at radius 2 is 2.00 bits per heavy atom. The van der Waals surface area contributed by atoms with Gasteiger partial charge in [-0.2, -0.15) is 0 Å². The lowest BCUT2D eigenvalue weighted by Gasteiger charge is -2.38. The van der Waals surface area contributed by atoms with Crippen LogP contribution in [-0.2, 0) is 4.79 Å². The molecule has 0 radical (unpaired) electrons. The summed E-state index contributed by atoms with van der Waals surface area (Å²) in [5.74, 6) is -0.245. The van der Waals surface area contributed by atoms with Crippen LogP contribution >= 0.6 is 11.3 Å². The van der Waals surface area contributed by atoms with Gasteiger partial charge in [-0.3, -0.25) is 9.59 Å². The monoisotopic (exact) mass is 356 g/mol. The van der Waals surface area contributed by atoms with E-state index in [1.807, 2.05) is 6.07 Å². The highest BCUT2D eigenvalue weighted by Crippen LogP contribution is 2.30. The standard InChI is InChI=1S/C20H24N2O2S/c1-3-18(23)21-13-20(9-5-4-6-10-20)22-19(24)17-12-15-11-14(2)7-8-16(15)25-17/h3,7-8,11-12H,1,4-6,9-10,13H2,2H3,(H,21,23)(H,22,24). The smallest absolute Gasteiger partial charge is 0.261 e. The van der Waals surface area contributed by atoms with Crippen LogP contribution in [0.2, 0.25) is 0 Å². The molecule has 1 fully saturated rings. The molecule has 2 amide bonds. The lowest BCUT2D eigenvalue weighted by Crippen LogP contribution is -2.56. The Bertz CT molecular complexity index is 803. The molecule has 1 heterocycles. The molecular formula is C20H24N2O2S. The molecule has 0 saturated heterocycles. The quantitative estimate of drug-likeness (QED) is 0.797. The van der Waals surface area contributed by atoms with Gasteiger partial charge in [-0.15, -0.1) is 11.3 Å². The van der Waals surface area contributed by atoms with E-state index in [4.69, 9.17) is 0 Å². The van der Waals surface area contributed by atoms with E-state index in [-0.39, 0.29) is 17.4 Å². The molecule has 3 rings (SSSR count). The topological polar surface area (TPSA) is 58.2 Å². The van der Waals surface area contributed by atoms with Crippen molar-refractivity contribution in [2.45, 2.75) is 44.6 Å². The largest absolute Gasteiger partial charge is 0.350 e. The van der Waals surface area contributed by atoms with Crippen molar-refractivity contribution >= 4 is 33.2 Å². The van der Waals surface area contributed by atoms with Gasteiger partial charge in [0.1, 0.15) is 0 Å². The zero-order valence-corrected chi connectivity index (χ0v) is 15.4. The first-order chi connectivity index (χ1) is 12.0. The summed E-state index contributed by atoms with van der Waals surface area (Å²) < 4.78 is 1.12. The number of amides is 2. The summed E-state index contributed by atoms with van der Waals surface area (Å²) in [6.07, 6.45) is 6.36. The summed E-state index contributed by atoms with van der Waals surface area (Å²) in [4.78, 5) is 25.1. The fraction of sp³-hybridized carbons (Fsp3) is 0.400. The molecule has 1 saturated carbocycles. The second-order valence-electron chi connectivity index (χ2n) is 6.87.